The zero-order chi connectivity index (χ0) is 15.2. The Labute approximate surface area is 126 Å². The first-order valence-electron chi connectivity index (χ1n) is 7.27. The Kier molecular flexibility index (Phi) is 4.99. The van der Waals surface area contributed by atoms with E-state index in [0.29, 0.717) is 19.5 Å². The van der Waals surface area contributed by atoms with Gasteiger partial charge in [0, 0.05) is 18.8 Å². The van der Waals surface area contributed by atoms with Gasteiger partial charge in [-0.25, -0.2) is 0 Å². The van der Waals surface area contributed by atoms with Crippen molar-refractivity contribution in [2.75, 3.05) is 12.3 Å². The van der Waals surface area contributed by atoms with Crippen LogP contribution in [0.1, 0.15) is 23.6 Å². The topological polar surface area (TPSA) is 46.3 Å². The van der Waals surface area contributed by atoms with Gasteiger partial charge in [0.2, 0.25) is 5.91 Å². The van der Waals surface area contributed by atoms with Crippen LogP contribution in [-0.2, 0) is 17.8 Å². The number of likely N-dealkylation sites (N-methyl/N-ethyl adjacent to an activating group) is 1. The Morgan fingerprint density at radius 3 is 2.38 bits per heavy atom. The SMILES string of the molecule is CCN(Cc1ccc(N)cc1)C(=O)Cc1ccccc1C. The molecule has 110 valence electrons. The lowest BCUT2D eigenvalue weighted by atomic mass is 10.1. The number of nitrogens with two attached hydrogens (primary N) is 1. The molecule has 3 heteroatoms. The van der Waals surface area contributed by atoms with E-state index in [4.69, 9.17) is 5.73 Å². The number of hydrogen-bond donors (Lipinski definition) is 1. The van der Waals surface area contributed by atoms with Gasteiger partial charge in [-0.2, -0.15) is 0 Å². The van der Waals surface area contributed by atoms with Gasteiger partial charge >= 0.3 is 0 Å². The average Bonchev–Trinajstić information content (AvgIpc) is 2.49. The summed E-state index contributed by atoms with van der Waals surface area (Å²) in [5.74, 6) is 0.156. The van der Waals surface area contributed by atoms with Crippen molar-refractivity contribution < 1.29 is 4.79 Å². The van der Waals surface area contributed by atoms with E-state index in [-0.39, 0.29) is 5.91 Å². The van der Waals surface area contributed by atoms with Crippen molar-refractivity contribution >= 4 is 11.6 Å². The van der Waals surface area contributed by atoms with E-state index in [9.17, 15) is 4.79 Å². The standard InChI is InChI=1S/C18H22N2O/c1-3-20(13-15-8-10-17(19)11-9-15)18(21)12-16-7-5-4-6-14(16)2/h4-11H,3,12-13,19H2,1-2H3. The van der Waals surface area contributed by atoms with Crippen molar-refractivity contribution in [2.45, 2.75) is 26.8 Å². The van der Waals surface area contributed by atoms with E-state index in [1.807, 2.05) is 67.3 Å². The number of benzene rings is 2. The summed E-state index contributed by atoms with van der Waals surface area (Å²) in [6.45, 7) is 5.38. The second-order valence-electron chi connectivity index (χ2n) is 5.25. The van der Waals surface area contributed by atoms with Crippen LogP contribution >= 0.6 is 0 Å². The number of rotatable bonds is 5. The number of nitrogens with zero attached hydrogens (tertiary/aromatic N) is 1. The van der Waals surface area contributed by atoms with E-state index in [0.717, 1.165) is 22.4 Å². The van der Waals surface area contributed by atoms with E-state index >= 15 is 0 Å². The maximum atomic E-state index is 12.5. The van der Waals surface area contributed by atoms with Crippen LogP contribution < -0.4 is 5.73 Å². The van der Waals surface area contributed by atoms with Gasteiger partial charge in [-0.05, 0) is 42.7 Å². The quantitative estimate of drug-likeness (QED) is 0.856. The Morgan fingerprint density at radius 2 is 1.76 bits per heavy atom. The van der Waals surface area contributed by atoms with Gasteiger partial charge in [-0.3, -0.25) is 4.79 Å². The third-order valence-electron chi connectivity index (χ3n) is 3.69. The van der Waals surface area contributed by atoms with Crippen LogP contribution in [-0.4, -0.2) is 17.4 Å². The number of amides is 1. The number of anilines is 1. The fraction of sp³-hybridized carbons (Fsp3) is 0.278. The summed E-state index contributed by atoms with van der Waals surface area (Å²) in [4.78, 5) is 14.3. The predicted octanol–water partition coefficient (Wildman–Crippen LogP) is 3.17. The molecule has 2 rings (SSSR count). The van der Waals surface area contributed by atoms with Crippen LogP contribution in [0, 0.1) is 6.92 Å². The summed E-state index contributed by atoms with van der Waals surface area (Å²) < 4.78 is 0. The molecule has 0 aliphatic carbocycles. The van der Waals surface area contributed by atoms with Crippen LogP contribution in [0.5, 0.6) is 0 Å². The first kappa shape index (κ1) is 15.1. The molecule has 1 amide bonds. The van der Waals surface area contributed by atoms with E-state index < -0.39 is 0 Å². The fourth-order valence-electron chi connectivity index (χ4n) is 2.30. The lowest BCUT2D eigenvalue weighted by molar-refractivity contribution is -0.130. The molecule has 0 aromatic heterocycles. The molecule has 0 spiro atoms. The van der Waals surface area contributed by atoms with Crippen molar-refractivity contribution in [3.63, 3.8) is 0 Å². The third-order valence-corrected chi connectivity index (χ3v) is 3.69. The van der Waals surface area contributed by atoms with Crippen LogP contribution in [0.25, 0.3) is 0 Å². The Balaban J connectivity index is 2.05. The molecule has 0 heterocycles. The fourth-order valence-corrected chi connectivity index (χ4v) is 2.30. The highest BCUT2D eigenvalue weighted by atomic mass is 16.2. The van der Waals surface area contributed by atoms with Crippen molar-refractivity contribution in [1.82, 2.24) is 4.90 Å². The molecule has 21 heavy (non-hydrogen) atoms. The molecule has 0 aliphatic heterocycles. The van der Waals surface area contributed by atoms with Gasteiger partial charge in [0.05, 0.1) is 6.42 Å². The number of aryl methyl sites for hydroxylation is 1. The molecule has 0 unspecified atom stereocenters. The summed E-state index contributed by atoms with van der Waals surface area (Å²) in [5, 5.41) is 0. The molecule has 0 saturated carbocycles. The van der Waals surface area contributed by atoms with Gasteiger partial charge in [0.15, 0.2) is 0 Å². The van der Waals surface area contributed by atoms with Crippen molar-refractivity contribution in [1.29, 1.82) is 0 Å². The van der Waals surface area contributed by atoms with Gasteiger partial charge in [-0.15, -0.1) is 0 Å². The molecular formula is C18H22N2O. The van der Waals surface area contributed by atoms with Gasteiger partial charge in [0.1, 0.15) is 0 Å². The minimum absolute atomic E-state index is 0.156. The number of hydrogen-bond acceptors (Lipinski definition) is 2. The summed E-state index contributed by atoms with van der Waals surface area (Å²) in [7, 11) is 0. The highest BCUT2D eigenvalue weighted by Crippen LogP contribution is 2.12. The maximum absolute atomic E-state index is 12.5. The number of carbonyl (C=O) groups is 1. The highest BCUT2D eigenvalue weighted by Gasteiger charge is 2.13. The Morgan fingerprint density at radius 1 is 1.10 bits per heavy atom. The molecule has 0 bridgehead atoms. The third kappa shape index (κ3) is 4.09. The highest BCUT2D eigenvalue weighted by molar-refractivity contribution is 5.79. The second-order valence-corrected chi connectivity index (χ2v) is 5.25. The zero-order valence-electron chi connectivity index (χ0n) is 12.7. The summed E-state index contributed by atoms with van der Waals surface area (Å²) in [6, 6.07) is 15.7. The zero-order valence-corrected chi connectivity index (χ0v) is 12.7. The minimum Gasteiger partial charge on any atom is -0.399 e. The largest absolute Gasteiger partial charge is 0.399 e. The van der Waals surface area contributed by atoms with Crippen LogP contribution in [0.15, 0.2) is 48.5 Å². The molecule has 0 atom stereocenters. The summed E-state index contributed by atoms with van der Waals surface area (Å²) in [6.07, 6.45) is 0.454. The molecule has 2 aromatic rings. The molecule has 0 radical (unpaired) electrons. The smallest absolute Gasteiger partial charge is 0.227 e. The number of carbonyl (C=O) groups excluding carboxylic acids is 1. The van der Waals surface area contributed by atoms with E-state index in [1.165, 1.54) is 0 Å². The molecule has 2 N–H and O–H groups in total. The van der Waals surface area contributed by atoms with E-state index in [1.54, 1.807) is 0 Å². The van der Waals surface area contributed by atoms with Gasteiger partial charge in [0.25, 0.3) is 0 Å². The normalized spacial score (nSPS) is 10.4. The Bertz CT molecular complexity index is 605. The minimum atomic E-state index is 0.156. The maximum Gasteiger partial charge on any atom is 0.227 e. The van der Waals surface area contributed by atoms with Gasteiger partial charge < -0.3 is 10.6 Å². The Hall–Kier alpha value is -2.29. The lowest BCUT2D eigenvalue weighted by Gasteiger charge is -2.21. The first-order chi connectivity index (χ1) is 10.1. The second kappa shape index (κ2) is 6.93. The number of nitrogen functional groups attached to an aromatic ring is 1. The summed E-state index contributed by atoms with van der Waals surface area (Å²) >= 11 is 0. The van der Waals surface area contributed by atoms with Crippen molar-refractivity contribution in [2.24, 2.45) is 0 Å². The lowest BCUT2D eigenvalue weighted by Crippen LogP contribution is -2.31. The molecule has 0 fully saturated rings. The predicted molar refractivity (Wildman–Crippen MR) is 86.8 cm³/mol. The molecule has 3 nitrogen and oxygen atoms in total. The van der Waals surface area contributed by atoms with Crippen molar-refractivity contribution in [3.8, 4) is 0 Å². The summed E-state index contributed by atoms with van der Waals surface area (Å²) in [5.41, 5.74) is 9.79. The van der Waals surface area contributed by atoms with E-state index in [2.05, 4.69) is 0 Å². The molecule has 2 aromatic carbocycles. The van der Waals surface area contributed by atoms with Gasteiger partial charge in [-0.1, -0.05) is 36.4 Å². The van der Waals surface area contributed by atoms with Crippen LogP contribution in [0.3, 0.4) is 0 Å². The average molecular weight is 282 g/mol. The molecule has 0 aliphatic rings. The monoisotopic (exact) mass is 282 g/mol. The van der Waals surface area contributed by atoms with Crippen LogP contribution in [0.2, 0.25) is 0 Å². The van der Waals surface area contributed by atoms with Crippen molar-refractivity contribution in [3.05, 3.63) is 65.2 Å². The first-order valence-corrected chi connectivity index (χ1v) is 7.27. The molecule has 0 saturated heterocycles. The van der Waals surface area contributed by atoms with Crippen LogP contribution in [0.4, 0.5) is 5.69 Å². The molecular weight excluding hydrogens is 260 g/mol.